The summed E-state index contributed by atoms with van der Waals surface area (Å²) in [7, 11) is 0. The highest BCUT2D eigenvalue weighted by Gasteiger charge is 2.12. The summed E-state index contributed by atoms with van der Waals surface area (Å²) in [5.41, 5.74) is 6.86. The predicted molar refractivity (Wildman–Crippen MR) is 74.2 cm³/mol. The summed E-state index contributed by atoms with van der Waals surface area (Å²) in [6, 6.07) is 6.33. The van der Waals surface area contributed by atoms with E-state index >= 15 is 0 Å². The summed E-state index contributed by atoms with van der Waals surface area (Å²) in [6.45, 7) is 0.548. The van der Waals surface area contributed by atoms with Gasteiger partial charge < -0.3 is 11.1 Å². The van der Waals surface area contributed by atoms with Crippen molar-refractivity contribution in [1.82, 2.24) is 10.3 Å². The topological polar surface area (TPSA) is 63.3 Å². The largest absolute Gasteiger partial charge is 0.370 e. The summed E-state index contributed by atoms with van der Waals surface area (Å²) in [6.07, 6.45) is 9.49. The van der Waals surface area contributed by atoms with Gasteiger partial charge in [0.15, 0.2) is 5.96 Å². The van der Waals surface area contributed by atoms with Crippen molar-refractivity contribution < 1.29 is 0 Å². The lowest BCUT2D eigenvalue weighted by Crippen LogP contribution is -2.39. The highest BCUT2D eigenvalue weighted by Crippen LogP contribution is 2.16. The van der Waals surface area contributed by atoms with Crippen molar-refractivity contribution in [2.45, 2.75) is 51.1 Å². The Morgan fingerprint density at radius 2 is 2.06 bits per heavy atom. The lowest BCUT2D eigenvalue weighted by atomic mass is 10.1. The number of rotatable bonds is 3. The molecule has 2 rings (SSSR count). The van der Waals surface area contributed by atoms with E-state index in [-0.39, 0.29) is 0 Å². The molecule has 98 valence electrons. The van der Waals surface area contributed by atoms with Crippen LogP contribution in [-0.2, 0) is 6.54 Å². The Kier molecular flexibility index (Phi) is 5.00. The molecule has 0 saturated heterocycles. The first kappa shape index (κ1) is 12.9. The standard InChI is InChI=1S/C14H22N4/c15-14(17-11-13-9-5-6-10-16-13)18-12-7-3-1-2-4-8-12/h5-6,9-10,12H,1-4,7-8,11H2,(H3,15,17,18). The first-order chi connectivity index (χ1) is 8.84. The molecule has 0 amide bonds. The van der Waals surface area contributed by atoms with Crippen molar-refractivity contribution in [3.63, 3.8) is 0 Å². The highest BCUT2D eigenvalue weighted by atomic mass is 15.1. The zero-order valence-corrected chi connectivity index (χ0v) is 10.8. The zero-order chi connectivity index (χ0) is 12.6. The number of pyridine rings is 1. The van der Waals surface area contributed by atoms with E-state index in [9.17, 15) is 0 Å². The molecule has 0 radical (unpaired) electrons. The molecule has 4 heteroatoms. The van der Waals surface area contributed by atoms with Crippen molar-refractivity contribution in [3.8, 4) is 0 Å². The lowest BCUT2D eigenvalue weighted by Gasteiger charge is -2.16. The molecule has 0 atom stereocenters. The predicted octanol–water partition coefficient (Wildman–Crippen LogP) is 2.21. The second kappa shape index (κ2) is 6.99. The molecule has 1 heterocycles. The van der Waals surface area contributed by atoms with Gasteiger partial charge in [0, 0.05) is 12.2 Å². The first-order valence-electron chi connectivity index (χ1n) is 6.81. The van der Waals surface area contributed by atoms with Gasteiger partial charge in [0.2, 0.25) is 0 Å². The van der Waals surface area contributed by atoms with Gasteiger partial charge in [-0.2, -0.15) is 0 Å². The van der Waals surface area contributed by atoms with Crippen LogP contribution in [0.2, 0.25) is 0 Å². The minimum absolute atomic E-state index is 0.500. The van der Waals surface area contributed by atoms with Crippen LogP contribution >= 0.6 is 0 Å². The van der Waals surface area contributed by atoms with E-state index < -0.39 is 0 Å². The third-order valence-corrected chi connectivity index (χ3v) is 3.34. The summed E-state index contributed by atoms with van der Waals surface area (Å²) in [5.74, 6) is 0.549. The molecule has 1 aromatic heterocycles. The van der Waals surface area contributed by atoms with E-state index in [0.29, 0.717) is 18.5 Å². The maximum Gasteiger partial charge on any atom is 0.189 e. The molecule has 0 unspecified atom stereocenters. The second-order valence-corrected chi connectivity index (χ2v) is 4.86. The Morgan fingerprint density at radius 3 is 2.72 bits per heavy atom. The molecular weight excluding hydrogens is 224 g/mol. The van der Waals surface area contributed by atoms with E-state index in [4.69, 9.17) is 5.73 Å². The molecule has 1 aromatic rings. The number of hydrogen-bond donors (Lipinski definition) is 2. The van der Waals surface area contributed by atoms with Crippen molar-refractivity contribution in [3.05, 3.63) is 30.1 Å². The van der Waals surface area contributed by atoms with Crippen molar-refractivity contribution in [1.29, 1.82) is 0 Å². The molecule has 4 nitrogen and oxygen atoms in total. The van der Waals surface area contributed by atoms with Crippen LogP contribution in [0.25, 0.3) is 0 Å². The van der Waals surface area contributed by atoms with Crippen LogP contribution < -0.4 is 11.1 Å². The second-order valence-electron chi connectivity index (χ2n) is 4.86. The summed E-state index contributed by atoms with van der Waals surface area (Å²) in [5, 5.41) is 3.33. The van der Waals surface area contributed by atoms with Crippen LogP contribution in [-0.4, -0.2) is 17.0 Å². The fourth-order valence-corrected chi connectivity index (χ4v) is 2.34. The molecule has 0 aromatic carbocycles. The quantitative estimate of drug-likeness (QED) is 0.488. The van der Waals surface area contributed by atoms with E-state index in [0.717, 1.165) is 5.69 Å². The Balaban J connectivity index is 1.81. The van der Waals surface area contributed by atoms with Crippen LogP contribution in [0, 0.1) is 0 Å². The van der Waals surface area contributed by atoms with Gasteiger partial charge in [-0.25, -0.2) is 4.99 Å². The first-order valence-corrected chi connectivity index (χ1v) is 6.81. The van der Waals surface area contributed by atoms with Gasteiger partial charge in [0.05, 0.1) is 12.2 Å². The average molecular weight is 246 g/mol. The Morgan fingerprint density at radius 1 is 1.28 bits per heavy atom. The molecule has 18 heavy (non-hydrogen) atoms. The fraction of sp³-hybridized carbons (Fsp3) is 0.571. The third-order valence-electron chi connectivity index (χ3n) is 3.34. The van der Waals surface area contributed by atoms with Crippen LogP contribution in [0.15, 0.2) is 29.4 Å². The van der Waals surface area contributed by atoms with Gasteiger partial charge in [-0.15, -0.1) is 0 Å². The van der Waals surface area contributed by atoms with Gasteiger partial charge in [0.25, 0.3) is 0 Å². The van der Waals surface area contributed by atoms with Crippen LogP contribution in [0.3, 0.4) is 0 Å². The van der Waals surface area contributed by atoms with Crippen molar-refractivity contribution in [2.24, 2.45) is 10.7 Å². The molecule has 1 fully saturated rings. The molecular formula is C14H22N4. The van der Waals surface area contributed by atoms with E-state index in [1.807, 2.05) is 18.2 Å². The zero-order valence-electron chi connectivity index (χ0n) is 10.8. The van der Waals surface area contributed by atoms with E-state index in [1.165, 1.54) is 38.5 Å². The molecule has 0 bridgehead atoms. The smallest absolute Gasteiger partial charge is 0.189 e. The van der Waals surface area contributed by atoms with E-state index in [1.54, 1.807) is 6.20 Å². The minimum atomic E-state index is 0.500. The molecule has 3 N–H and O–H groups in total. The molecule has 1 aliphatic carbocycles. The van der Waals surface area contributed by atoms with Crippen LogP contribution in [0.1, 0.15) is 44.2 Å². The Labute approximate surface area is 109 Å². The Bertz CT molecular complexity index is 367. The average Bonchev–Trinajstić information content (AvgIpc) is 2.66. The number of guanidine groups is 1. The van der Waals surface area contributed by atoms with Gasteiger partial charge in [-0.3, -0.25) is 4.98 Å². The maximum atomic E-state index is 5.91. The maximum absolute atomic E-state index is 5.91. The van der Waals surface area contributed by atoms with Crippen LogP contribution in [0.5, 0.6) is 0 Å². The fourth-order valence-electron chi connectivity index (χ4n) is 2.34. The number of nitrogens with two attached hydrogens (primary N) is 1. The number of aliphatic imine (C=N–C) groups is 1. The van der Waals surface area contributed by atoms with Crippen molar-refractivity contribution in [2.75, 3.05) is 0 Å². The van der Waals surface area contributed by atoms with E-state index in [2.05, 4.69) is 15.3 Å². The van der Waals surface area contributed by atoms with Gasteiger partial charge >= 0.3 is 0 Å². The van der Waals surface area contributed by atoms with Crippen LogP contribution in [0.4, 0.5) is 0 Å². The number of aromatic nitrogens is 1. The monoisotopic (exact) mass is 246 g/mol. The minimum Gasteiger partial charge on any atom is -0.370 e. The van der Waals surface area contributed by atoms with Gasteiger partial charge in [0.1, 0.15) is 0 Å². The normalized spacial score (nSPS) is 18.3. The number of hydrogen-bond acceptors (Lipinski definition) is 2. The molecule has 1 saturated carbocycles. The number of nitrogens with zero attached hydrogens (tertiary/aromatic N) is 2. The summed E-state index contributed by atoms with van der Waals surface area (Å²) in [4.78, 5) is 8.56. The van der Waals surface area contributed by atoms with Gasteiger partial charge in [-0.1, -0.05) is 31.7 Å². The summed E-state index contributed by atoms with van der Waals surface area (Å²) >= 11 is 0. The molecule has 0 spiro atoms. The Hall–Kier alpha value is -1.58. The highest BCUT2D eigenvalue weighted by molar-refractivity contribution is 5.78. The lowest BCUT2D eigenvalue weighted by molar-refractivity contribution is 0.530. The SMILES string of the molecule is NC(=NCc1ccccn1)NC1CCCCCC1. The third kappa shape index (κ3) is 4.35. The number of nitrogens with one attached hydrogen (secondary N) is 1. The molecule has 1 aliphatic rings. The van der Waals surface area contributed by atoms with Crippen molar-refractivity contribution >= 4 is 5.96 Å². The summed E-state index contributed by atoms with van der Waals surface area (Å²) < 4.78 is 0. The van der Waals surface area contributed by atoms with Gasteiger partial charge in [-0.05, 0) is 25.0 Å². The molecule has 0 aliphatic heterocycles.